The molecule has 2 atom stereocenters. The maximum atomic E-state index is 6.61. The lowest BCUT2D eigenvalue weighted by molar-refractivity contribution is 0.268. The second-order valence-corrected chi connectivity index (χ2v) is 14.9. The largest absolute Gasteiger partial charge is 0.416 e. The molecule has 0 bridgehead atoms. The average molecular weight is 418 g/mol. The van der Waals surface area contributed by atoms with Gasteiger partial charge in [-0.25, -0.2) is 0 Å². The van der Waals surface area contributed by atoms with Crippen LogP contribution in [0, 0.1) is 0 Å². The lowest BCUT2D eigenvalue weighted by atomic mass is 10.0. The van der Waals surface area contributed by atoms with E-state index >= 15 is 0 Å². The third-order valence-electron chi connectivity index (χ3n) is 5.63. The molecule has 0 radical (unpaired) electrons. The molecule has 0 aliphatic carbocycles. The molecule has 1 aromatic rings. The molecule has 1 nitrogen and oxygen atoms in total. The summed E-state index contributed by atoms with van der Waals surface area (Å²) in [6, 6.07) is 10.5. The summed E-state index contributed by atoms with van der Waals surface area (Å²) in [7, 11) is -1.76. The minimum Gasteiger partial charge on any atom is -0.416 e. The van der Waals surface area contributed by atoms with Gasteiger partial charge in [0.25, 0.3) is 0 Å². The molecule has 0 aliphatic heterocycles. The molecule has 1 aromatic carbocycles. The van der Waals surface area contributed by atoms with E-state index in [4.69, 9.17) is 27.6 Å². The standard InChI is InChI=1S/C22H38Cl2OSi/c1-17(2)26(18(3)4,19(5)6)25-16-10-13-21(23)22(24)15-14-20-11-8-7-9-12-20/h7-9,11-12,17-19,21-22H,10,13-16H2,1-6H3/t21-,22-/m1/s1. The van der Waals surface area contributed by atoms with Gasteiger partial charge in [0.05, 0.1) is 10.8 Å². The number of halogens is 2. The van der Waals surface area contributed by atoms with Gasteiger partial charge in [0, 0.05) is 6.61 Å². The summed E-state index contributed by atoms with van der Waals surface area (Å²) in [5, 5.41) is 0.0244. The van der Waals surface area contributed by atoms with Crippen molar-refractivity contribution in [1.29, 1.82) is 0 Å². The minimum absolute atomic E-state index is 0.0113. The van der Waals surface area contributed by atoms with E-state index in [0.29, 0.717) is 16.6 Å². The third kappa shape index (κ3) is 6.85. The second kappa shape index (κ2) is 11.7. The predicted octanol–water partition coefficient (Wildman–Crippen LogP) is 7.81. The zero-order valence-electron chi connectivity index (χ0n) is 17.5. The Morgan fingerprint density at radius 3 is 1.81 bits per heavy atom. The highest BCUT2D eigenvalue weighted by molar-refractivity contribution is 6.77. The molecule has 0 aliphatic rings. The molecule has 0 fully saturated rings. The highest BCUT2D eigenvalue weighted by Crippen LogP contribution is 2.42. The van der Waals surface area contributed by atoms with Crippen LogP contribution in [0.2, 0.25) is 16.6 Å². The predicted molar refractivity (Wildman–Crippen MR) is 120 cm³/mol. The molecule has 0 heterocycles. The van der Waals surface area contributed by atoms with Crippen molar-refractivity contribution in [1.82, 2.24) is 0 Å². The topological polar surface area (TPSA) is 9.23 Å². The first-order valence-corrected chi connectivity index (χ1v) is 13.2. The maximum Gasteiger partial charge on any atom is 0.200 e. The molecule has 4 heteroatoms. The van der Waals surface area contributed by atoms with Gasteiger partial charge in [-0.3, -0.25) is 0 Å². The van der Waals surface area contributed by atoms with Crippen molar-refractivity contribution < 1.29 is 4.43 Å². The zero-order valence-corrected chi connectivity index (χ0v) is 20.0. The monoisotopic (exact) mass is 416 g/mol. The van der Waals surface area contributed by atoms with E-state index in [1.54, 1.807) is 0 Å². The Labute approximate surface area is 172 Å². The van der Waals surface area contributed by atoms with Crippen LogP contribution in [0.1, 0.15) is 66.4 Å². The number of hydrogen-bond donors (Lipinski definition) is 0. The van der Waals surface area contributed by atoms with Gasteiger partial charge < -0.3 is 4.43 Å². The Morgan fingerprint density at radius 2 is 1.31 bits per heavy atom. The van der Waals surface area contributed by atoms with Crippen LogP contribution in [0.15, 0.2) is 30.3 Å². The lowest BCUT2D eigenvalue weighted by Crippen LogP contribution is -2.48. The molecule has 26 heavy (non-hydrogen) atoms. The van der Waals surface area contributed by atoms with E-state index in [2.05, 4.69) is 65.8 Å². The normalized spacial score (nSPS) is 15.0. The summed E-state index contributed by atoms with van der Waals surface area (Å²) in [5.74, 6) is 0. The molecular formula is C22H38Cl2OSi. The van der Waals surface area contributed by atoms with Gasteiger partial charge in [-0.05, 0) is 47.9 Å². The summed E-state index contributed by atoms with van der Waals surface area (Å²) in [6.07, 6.45) is 3.81. The van der Waals surface area contributed by atoms with Crippen molar-refractivity contribution in [3.8, 4) is 0 Å². The maximum absolute atomic E-state index is 6.61. The Kier molecular flexibility index (Phi) is 10.8. The Hall–Kier alpha value is -0.0231. The fraction of sp³-hybridized carbons (Fsp3) is 0.727. The Bertz CT molecular complexity index is 468. The van der Waals surface area contributed by atoms with E-state index in [9.17, 15) is 0 Å². The van der Waals surface area contributed by atoms with Crippen molar-refractivity contribution in [3.63, 3.8) is 0 Å². The van der Waals surface area contributed by atoms with Crippen molar-refractivity contribution in [2.24, 2.45) is 0 Å². The second-order valence-electron chi connectivity index (χ2n) is 8.36. The number of benzene rings is 1. The molecule has 1 rings (SSSR count). The summed E-state index contributed by atoms with van der Waals surface area (Å²) in [6.45, 7) is 14.8. The number of alkyl halides is 2. The van der Waals surface area contributed by atoms with Gasteiger partial charge in [-0.15, -0.1) is 23.2 Å². The highest BCUT2D eigenvalue weighted by atomic mass is 35.5. The first kappa shape index (κ1) is 24.0. The van der Waals surface area contributed by atoms with Gasteiger partial charge in [0.2, 0.25) is 0 Å². The SMILES string of the molecule is CC(C)[Si](OCCC[C@@H](Cl)[C@H](Cl)CCc1ccccc1)(C(C)C)C(C)C. The average Bonchev–Trinajstić information content (AvgIpc) is 2.59. The zero-order chi connectivity index (χ0) is 19.7. The lowest BCUT2D eigenvalue weighted by Gasteiger charge is -2.42. The van der Waals surface area contributed by atoms with Crippen LogP contribution in [-0.2, 0) is 10.8 Å². The van der Waals surface area contributed by atoms with Gasteiger partial charge in [0.1, 0.15) is 0 Å². The molecule has 0 unspecified atom stereocenters. The molecule has 0 spiro atoms. The van der Waals surface area contributed by atoms with Gasteiger partial charge in [-0.2, -0.15) is 0 Å². The number of aryl methyl sites for hydroxylation is 1. The van der Waals surface area contributed by atoms with Crippen molar-refractivity contribution >= 4 is 31.5 Å². The van der Waals surface area contributed by atoms with E-state index in [1.165, 1.54) is 5.56 Å². The number of hydrogen-bond acceptors (Lipinski definition) is 1. The fourth-order valence-corrected chi connectivity index (χ4v) is 10.4. The van der Waals surface area contributed by atoms with Crippen LogP contribution >= 0.6 is 23.2 Å². The molecule has 0 aromatic heterocycles. The Morgan fingerprint density at radius 1 is 0.808 bits per heavy atom. The first-order valence-electron chi connectivity index (χ1n) is 10.2. The molecule has 0 saturated carbocycles. The van der Waals surface area contributed by atoms with Crippen LogP contribution in [0.5, 0.6) is 0 Å². The van der Waals surface area contributed by atoms with Gasteiger partial charge in [0.15, 0.2) is 8.32 Å². The van der Waals surface area contributed by atoms with Crippen LogP contribution in [0.3, 0.4) is 0 Å². The first-order chi connectivity index (χ1) is 12.2. The molecule has 0 saturated heterocycles. The van der Waals surface area contributed by atoms with Crippen molar-refractivity contribution in [3.05, 3.63) is 35.9 Å². The van der Waals surface area contributed by atoms with Gasteiger partial charge >= 0.3 is 0 Å². The minimum atomic E-state index is -1.76. The van der Waals surface area contributed by atoms with Crippen molar-refractivity contribution in [2.45, 2.75) is 94.6 Å². The van der Waals surface area contributed by atoms with E-state index < -0.39 is 8.32 Å². The molecular weight excluding hydrogens is 379 g/mol. The van der Waals surface area contributed by atoms with Crippen LogP contribution in [0.25, 0.3) is 0 Å². The summed E-state index contributed by atoms with van der Waals surface area (Å²) in [4.78, 5) is 0. The highest BCUT2D eigenvalue weighted by Gasteiger charge is 2.44. The van der Waals surface area contributed by atoms with E-state index in [1.807, 2.05) is 6.07 Å². The van der Waals surface area contributed by atoms with Crippen LogP contribution in [-0.4, -0.2) is 25.7 Å². The van der Waals surface area contributed by atoms with Gasteiger partial charge in [-0.1, -0.05) is 71.9 Å². The van der Waals surface area contributed by atoms with E-state index in [-0.39, 0.29) is 10.8 Å². The summed E-state index contributed by atoms with van der Waals surface area (Å²) < 4.78 is 6.61. The third-order valence-corrected chi connectivity index (χ3v) is 12.9. The summed E-state index contributed by atoms with van der Waals surface area (Å²) in [5.41, 5.74) is 3.20. The van der Waals surface area contributed by atoms with Crippen LogP contribution < -0.4 is 0 Å². The van der Waals surface area contributed by atoms with Crippen molar-refractivity contribution in [2.75, 3.05) is 6.61 Å². The summed E-state index contributed by atoms with van der Waals surface area (Å²) >= 11 is 13.1. The fourth-order valence-electron chi connectivity index (χ4n) is 4.34. The quantitative estimate of drug-likeness (QED) is 0.191. The molecule has 0 N–H and O–H groups in total. The Balaban J connectivity index is 2.41. The van der Waals surface area contributed by atoms with Crippen LogP contribution in [0.4, 0.5) is 0 Å². The van der Waals surface area contributed by atoms with E-state index in [0.717, 1.165) is 32.3 Å². The molecule has 150 valence electrons. The molecule has 0 amide bonds. The smallest absolute Gasteiger partial charge is 0.200 e. The number of rotatable bonds is 12.